The lowest BCUT2D eigenvalue weighted by Gasteiger charge is -2.29. The second-order valence-corrected chi connectivity index (χ2v) is 11.1. The van der Waals surface area contributed by atoms with Crippen molar-refractivity contribution in [3.8, 4) is 5.75 Å². The fraction of sp³-hybridized carbons (Fsp3) is 0.194. The first kappa shape index (κ1) is 27.2. The number of ether oxygens (including phenoxy) is 1. The molecule has 0 aliphatic carbocycles. The number of hydrogen-bond acceptors (Lipinski definition) is 7. The van der Waals surface area contributed by atoms with Crippen molar-refractivity contribution in [1.82, 2.24) is 0 Å². The van der Waals surface area contributed by atoms with Gasteiger partial charge in [0.15, 0.2) is 0 Å². The Morgan fingerprint density at radius 3 is 2.37 bits per heavy atom. The molecule has 2 atom stereocenters. The summed E-state index contributed by atoms with van der Waals surface area (Å²) in [5.41, 5.74) is 1.82. The van der Waals surface area contributed by atoms with Crippen molar-refractivity contribution in [2.24, 2.45) is 0 Å². The van der Waals surface area contributed by atoms with Gasteiger partial charge in [0.2, 0.25) is 5.43 Å². The van der Waals surface area contributed by atoms with Crippen molar-refractivity contribution in [2.75, 3.05) is 31.2 Å². The van der Waals surface area contributed by atoms with Gasteiger partial charge in [-0.1, -0.05) is 60.7 Å². The van der Waals surface area contributed by atoms with Crippen LogP contribution in [0, 0.1) is 5.82 Å². The first-order valence-corrected chi connectivity index (χ1v) is 14.7. The van der Waals surface area contributed by atoms with Crippen molar-refractivity contribution in [1.29, 1.82) is 0 Å². The molecular weight excluding hydrogens is 548 g/mol. The summed E-state index contributed by atoms with van der Waals surface area (Å²) in [6, 6.07) is 25.3. The molecule has 0 saturated carbocycles. The van der Waals surface area contributed by atoms with Crippen LogP contribution in [0.15, 0.2) is 100 Å². The molecule has 6 rings (SSSR count). The molecule has 1 saturated heterocycles. The van der Waals surface area contributed by atoms with Gasteiger partial charge < -0.3 is 18.6 Å². The highest BCUT2D eigenvalue weighted by molar-refractivity contribution is 7.47. The summed E-state index contributed by atoms with van der Waals surface area (Å²) in [6.45, 7) is 2.08. The van der Waals surface area contributed by atoms with E-state index in [-0.39, 0.29) is 27.7 Å². The van der Waals surface area contributed by atoms with Gasteiger partial charge in [-0.15, -0.1) is 0 Å². The minimum absolute atomic E-state index is 0.0432. The average Bonchev–Trinajstić information content (AvgIpc) is 2.97. The van der Waals surface area contributed by atoms with Crippen molar-refractivity contribution in [3.05, 3.63) is 118 Å². The van der Waals surface area contributed by atoms with Crippen molar-refractivity contribution in [2.45, 2.75) is 12.5 Å². The quantitative estimate of drug-likeness (QED) is 0.168. The summed E-state index contributed by atoms with van der Waals surface area (Å²) in [5.74, 6) is -0.722. The van der Waals surface area contributed by atoms with E-state index in [4.69, 9.17) is 18.2 Å². The lowest BCUT2D eigenvalue weighted by molar-refractivity contribution is 0.122. The van der Waals surface area contributed by atoms with Gasteiger partial charge in [0.05, 0.1) is 24.7 Å². The number of rotatable bonds is 8. The highest BCUT2D eigenvalue weighted by atomic mass is 31.2. The molecular formula is C31H27FNO7P. The molecule has 1 aromatic heterocycles. The Morgan fingerprint density at radius 1 is 0.927 bits per heavy atom. The van der Waals surface area contributed by atoms with Crippen LogP contribution in [0.4, 0.5) is 10.1 Å². The molecule has 1 aliphatic heterocycles. The summed E-state index contributed by atoms with van der Waals surface area (Å²) in [7, 11) is -4.81. The lowest BCUT2D eigenvalue weighted by Crippen LogP contribution is -2.36. The van der Waals surface area contributed by atoms with E-state index in [0.29, 0.717) is 44.0 Å². The van der Waals surface area contributed by atoms with E-state index in [2.05, 4.69) is 0 Å². The zero-order chi connectivity index (χ0) is 28.4. The summed E-state index contributed by atoms with van der Waals surface area (Å²) < 4.78 is 50.4. The largest absolute Gasteiger partial charge is 0.528 e. The molecule has 5 aromatic rings. The molecule has 0 amide bonds. The number of benzene rings is 4. The van der Waals surface area contributed by atoms with Crippen molar-refractivity contribution >= 4 is 35.4 Å². The molecule has 8 nitrogen and oxygen atoms in total. The van der Waals surface area contributed by atoms with Gasteiger partial charge in [-0.25, -0.2) is 8.96 Å². The van der Waals surface area contributed by atoms with Crippen LogP contribution < -0.4 is 14.9 Å². The first-order chi connectivity index (χ1) is 19.9. The number of halogens is 1. The fourth-order valence-corrected chi connectivity index (χ4v) is 5.95. The molecule has 210 valence electrons. The molecule has 41 heavy (non-hydrogen) atoms. The minimum Gasteiger partial charge on any atom is -0.455 e. The van der Waals surface area contributed by atoms with Crippen LogP contribution in [-0.4, -0.2) is 31.2 Å². The summed E-state index contributed by atoms with van der Waals surface area (Å²) in [4.78, 5) is 26.6. The molecule has 0 bridgehead atoms. The van der Waals surface area contributed by atoms with Crippen LogP contribution in [-0.2, 0) is 20.2 Å². The monoisotopic (exact) mass is 575 g/mol. The SMILES string of the molecule is O=c1c2ccc(F)cc2oc2cc(N3CCOCC3)cc(OP(=O)(O)OC(Cc3ccccc3)c3ccccc3)c12. The van der Waals surface area contributed by atoms with Crippen molar-refractivity contribution in [3.63, 3.8) is 0 Å². The Hall–Kier alpha value is -4.01. The van der Waals surface area contributed by atoms with Gasteiger partial charge >= 0.3 is 7.82 Å². The van der Waals surface area contributed by atoms with Gasteiger partial charge in [-0.05, 0) is 23.3 Å². The Kier molecular flexibility index (Phi) is 7.60. The second-order valence-electron chi connectivity index (χ2n) is 9.74. The van der Waals surface area contributed by atoms with Gasteiger partial charge in [-0.2, -0.15) is 0 Å². The van der Waals surface area contributed by atoms with Gasteiger partial charge in [0.1, 0.15) is 28.1 Å². The third-order valence-corrected chi connectivity index (χ3v) is 7.92. The van der Waals surface area contributed by atoms with E-state index in [9.17, 15) is 18.6 Å². The van der Waals surface area contributed by atoms with Crippen LogP contribution >= 0.6 is 7.82 Å². The predicted molar refractivity (Wildman–Crippen MR) is 154 cm³/mol. The molecule has 0 spiro atoms. The maximum Gasteiger partial charge on any atom is 0.528 e. The summed E-state index contributed by atoms with van der Waals surface area (Å²) in [6.07, 6.45) is -0.505. The fourth-order valence-electron chi connectivity index (χ4n) is 5.00. The maximum atomic E-state index is 14.0. The van der Waals surface area contributed by atoms with Gasteiger partial charge in [0.25, 0.3) is 0 Å². The third-order valence-electron chi connectivity index (χ3n) is 6.97. The van der Waals surface area contributed by atoms with Gasteiger partial charge in [0, 0.05) is 43.4 Å². The molecule has 2 unspecified atom stereocenters. The average molecular weight is 576 g/mol. The number of nitrogens with zero attached hydrogens (tertiary/aromatic N) is 1. The number of phosphoric acid groups is 1. The molecule has 1 fully saturated rings. The second kappa shape index (κ2) is 11.5. The number of phosphoric ester groups is 1. The number of fused-ring (bicyclic) bond motifs is 2. The molecule has 0 radical (unpaired) electrons. The number of anilines is 1. The normalized spacial score (nSPS) is 16.0. The molecule has 10 heteroatoms. The third kappa shape index (κ3) is 6.04. The standard InChI is InChI=1S/C31H27FNO7P/c32-23-11-12-25-27(18-23)38-28-19-24(33-13-15-37-16-14-33)20-29(30(28)31(25)34)40-41(35,36)39-26(22-9-5-2-6-10-22)17-21-7-3-1-4-8-21/h1-12,18-20,26H,13-17H2,(H,35,36). The smallest absolute Gasteiger partial charge is 0.455 e. The van der Waals surface area contributed by atoms with Crippen LogP contribution in [0.5, 0.6) is 5.75 Å². The Bertz CT molecular complexity index is 1790. The lowest BCUT2D eigenvalue weighted by atomic mass is 10.0. The Labute approximate surface area is 235 Å². The highest BCUT2D eigenvalue weighted by Gasteiger charge is 2.32. The summed E-state index contributed by atoms with van der Waals surface area (Å²) in [5, 5.41) is 0.0705. The van der Waals surface area contributed by atoms with Gasteiger partial charge in [-0.3, -0.25) is 14.2 Å². The van der Waals surface area contributed by atoms with E-state index in [0.717, 1.165) is 17.7 Å². The molecule has 1 aliphatic rings. The van der Waals surface area contributed by atoms with Crippen LogP contribution in [0.3, 0.4) is 0 Å². The van der Waals surface area contributed by atoms with Crippen molar-refractivity contribution < 1.29 is 32.1 Å². The first-order valence-electron chi connectivity index (χ1n) is 13.2. The Balaban J connectivity index is 1.42. The summed E-state index contributed by atoms with van der Waals surface area (Å²) >= 11 is 0. The number of morpholine rings is 1. The zero-order valence-corrected chi connectivity index (χ0v) is 22.8. The van der Waals surface area contributed by atoms with Crippen LogP contribution in [0.2, 0.25) is 0 Å². The van der Waals surface area contributed by atoms with Crippen LogP contribution in [0.25, 0.3) is 21.9 Å². The number of hydrogen-bond donors (Lipinski definition) is 1. The maximum absolute atomic E-state index is 14.0. The molecule has 4 aromatic carbocycles. The topological polar surface area (TPSA) is 98.4 Å². The predicted octanol–water partition coefficient (Wildman–Crippen LogP) is 6.40. The minimum atomic E-state index is -4.81. The molecule has 2 heterocycles. The van der Waals surface area contributed by atoms with Crippen LogP contribution in [0.1, 0.15) is 17.2 Å². The van der Waals surface area contributed by atoms with E-state index in [1.165, 1.54) is 12.1 Å². The van der Waals surface area contributed by atoms with E-state index in [1.54, 1.807) is 6.07 Å². The van der Waals surface area contributed by atoms with E-state index in [1.807, 2.05) is 65.6 Å². The molecule has 1 N–H and O–H groups in total. The highest BCUT2D eigenvalue weighted by Crippen LogP contribution is 2.50. The zero-order valence-electron chi connectivity index (χ0n) is 21.9. The van der Waals surface area contributed by atoms with E-state index >= 15 is 0 Å². The Morgan fingerprint density at radius 2 is 1.63 bits per heavy atom. The van der Waals surface area contributed by atoms with E-state index < -0.39 is 25.2 Å².